The second kappa shape index (κ2) is 12.5. The second-order valence-electron chi connectivity index (χ2n) is 12.7. The van der Waals surface area contributed by atoms with Crippen molar-refractivity contribution in [1.29, 1.82) is 0 Å². The van der Waals surface area contributed by atoms with Crippen molar-refractivity contribution in [2.45, 2.75) is 103 Å². The van der Waals surface area contributed by atoms with Crippen LogP contribution in [0.5, 0.6) is 0 Å². The summed E-state index contributed by atoms with van der Waals surface area (Å²) in [5.41, 5.74) is 12.8. The predicted octanol–water partition coefficient (Wildman–Crippen LogP) is 6.96. The van der Waals surface area contributed by atoms with Gasteiger partial charge in [-0.3, -0.25) is 0 Å². The normalized spacial score (nSPS) is 25.3. The van der Waals surface area contributed by atoms with Crippen molar-refractivity contribution in [3.8, 4) is 0 Å². The van der Waals surface area contributed by atoms with Crippen molar-refractivity contribution < 1.29 is 4.21 Å². The zero-order valence-electron chi connectivity index (χ0n) is 22.9. The van der Waals surface area contributed by atoms with Crippen molar-refractivity contribution in [2.75, 3.05) is 13.1 Å². The minimum atomic E-state index is -1.01. The number of nitrogens with one attached hydrogen (secondary N) is 2. The number of nitrogens with two attached hydrogens (primary N) is 1. The zero-order chi connectivity index (χ0) is 25.4. The molecule has 6 heteroatoms. The number of rotatable bonds is 2. The molecule has 0 unspecified atom stereocenters. The third-order valence-corrected chi connectivity index (χ3v) is 10.9. The van der Waals surface area contributed by atoms with Crippen molar-refractivity contribution in [3.05, 3.63) is 70.8 Å². The molecule has 3 atom stereocenters. The average molecular weight is 560 g/mol. The SMILES string of the molecule is C.CC(C)(C)[S@@](=O)N[C@@H]1c2ccccc2CC12CCCCC2.Cl.N[C@@H]1c2ccccc2CC12CCNCC2. The Morgan fingerprint density at radius 2 is 1.37 bits per heavy atom. The Balaban J connectivity index is 0.000000209. The number of fused-ring (bicyclic) bond motifs is 2. The molecule has 2 spiro atoms. The van der Waals surface area contributed by atoms with E-state index in [1.807, 2.05) is 20.8 Å². The Hall–Kier alpha value is -1.24. The van der Waals surface area contributed by atoms with Crippen LogP contribution in [0.15, 0.2) is 48.5 Å². The molecule has 4 nitrogen and oxygen atoms in total. The maximum Gasteiger partial charge on any atom is 0.0976 e. The first kappa shape index (κ1) is 31.3. The first-order valence-electron chi connectivity index (χ1n) is 14.0. The van der Waals surface area contributed by atoms with Crippen LogP contribution in [-0.2, 0) is 23.8 Å². The third-order valence-electron chi connectivity index (χ3n) is 9.34. The van der Waals surface area contributed by atoms with E-state index < -0.39 is 11.0 Å². The van der Waals surface area contributed by atoms with Gasteiger partial charge in [-0.15, -0.1) is 12.4 Å². The highest BCUT2D eigenvalue weighted by molar-refractivity contribution is 7.84. The molecule has 212 valence electrons. The molecule has 2 fully saturated rings. The summed E-state index contributed by atoms with van der Waals surface area (Å²) in [6.45, 7) is 8.39. The van der Waals surface area contributed by atoms with Gasteiger partial charge in [-0.1, -0.05) is 75.2 Å². The fourth-order valence-corrected chi connectivity index (χ4v) is 8.16. The quantitative estimate of drug-likeness (QED) is 0.372. The van der Waals surface area contributed by atoms with Gasteiger partial charge >= 0.3 is 0 Å². The molecule has 3 aliphatic carbocycles. The number of benzene rings is 2. The summed E-state index contributed by atoms with van der Waals surface area (Å²) in [5, 5.41) is 3.43. The molecule has 6 rings (SSSR count). The summed E-state index contributed by atoms with van der Waals surface area (Å²) in [6, 6.07) is 18.0. The van der Waals surface area contributed by atoms with Crippen LogP contribution in [0.1, 0.15) is 107 Å². The minimum Gasteiger partial charge on any atom is -0.323 e. The molecule has 0 amide bonds. The summed E-state index contributed by atoms with van der Waals surface area (Å²) < 4.78 is 15.9. The summed E-state index contributed by atoms with van der Waals surface area (Å²) in [4.78, 5) is 0. The lowest BCUT2D eigenvalue weighted by atomic mass is 9.70. The van der Waals surface area contributed by atoms with Gasteiger partial charge in [0, 0.05) is 6.04 Å². The predicted molar refractivity (Wildman–Crippen MR) is 165 cm³/mol. The highest BCUT2D eigenvalue weighted by Crippen LogP contribution is 2.54. The Kier molecular flexibility index (Phi) is 10.3. The molecule has 0 aromatic heterocycles. The van der Waals surface area contributed by atoms with E-state index in [4.69, 9.17) is 5.73 Å². The van der Waals surface area contributed by atoms with E-state index in [-0.39, 0.29) is 36.7 Å². The zero-order valence-corrected chi connectivity index (χ0v) is 24.5. The van der Waals surface area contributed by atoms with Gasteiger partial charge in [0.25, 0.3) is 0 Å². The number of halogens is 1. The molecule has 1 saturated carbocycles. The molecule has 4 aliphatic rings. The van der Waals surface area contributed by atoms with E-state index >= 15 is 0 Å². The topological polar surface area (TPSA) is 67.2 Å². The van der Waals surface area contributed by atoms with E-state index in [1.54, 1.807) is 0 Å². The lowest BCUT2D eigenvalue weighted by Gasteiger charge is -2.40. The molecule has 1 saturated heterocycles. The first-order valence-corrected chi connectivity index (χ1v) is 15.2. The molecule has 38 heavy (non-hydrogen) atoms. The van der Waals surface area contributed by atoms with Gasteiger partial charge in [0.05, 0.1) is 21.8 Å². The molecule has 2 aromatic rings. The van der Waals surface area contributed by atoms with E-state index in [2.05, 4.69) is 58.6 Å². The van der Waals surface area contributed by atoms with Crippen molar-refractivity contribution >= 4 is 23.4 Å². The highest BCUT2D eigenvalue weighted by atomic mass is 35.5. The molecular weight excluding hydrogens is 510 g/mol. The van der Waals surface area contributed by atoms with Gasteiger partial charge in [0.15, 0.2) is 0 Å². The van der Waals surface area contributed by atoms with Crippen molar-refractivity contribution in [1.82, 2.24) is 10.0 Å². The van der Waals surface area contributed by atoms with Crippen molar-refractivity contribution in [3.63, 3.8) is 0 Å². The molecule has 0 bridgehead atoms. The number of hydrogen-bond donors (Lipinski definition) is 3. The van der Waals surface area contributed by atoms with Crippen LogP contribution in [0.2, 0.25) is 0 Å². The maximum atomic E-state index is 12.7. The smallest absolute Gasteiger partial charge is 0.0976 e. The molecule has 1 aliphatic heterocycles. The summed E-state index contributed by atoms with van der Waals surface area (Å²) in [6.07, 6.45) is 11.3. The largest absolute Gasteiger partial charge is 0.323 e. The Morgan fingerprint density at radius 1 is 0.842 bits per heavy atom. The van der Waals surface area contributed by atoms with E-state index in [0.717, 1.165) is 19.5 Å². The van der Waals surface area contributed by atoms with Gasteiger partial charge in [0.2, 0.25) is 0 Å². The lowest BCUT2D eigenvalue weighted by molar-refractivity contribution is 0.153. The molecule has 1 heterocycles. The summed E-state index contributed by atoms with van der Waals surface area (Å²) >= 11 is 0. The summed E-state index contributed by atoms with van der Waals surface area (Å²) in [5.74, 6) is 0. The van der Waals surface area contributed by atoms with E-state index in [0.29, 0.717) is 10.8 Å². The Morgan fingerprint density at radius 3 is 1.95 bits per heavy atom. The minimum absolute atomic E-state index is 0. The second-order valence-corrected chi connectivity index (χ2v) is 14.7. The fraction of sp³-hybridized carbons (Fsp3) is 0.625. The molecule has 0 radical (unpaired) electrons. The maximum absolute atomic E-state index is 12.7. The third kappa shape index (κ3) is 6.07. The highest BCUT2D eigenvalue weighted by Gasteiger charge is 2.47. The van der Waals surface area contributed by atoms with Crippen molar-refractivity contribution in [2.24, 2.45) is 16.6 Å². The number of hydrogen-bond acceptors (Lipinski definition) is 3. The van der Waals surface area contributed by atoms with Gasteiger partial charge in [-0.05, 0) is 105 Å². The molecule has 2 aromatic carbocycles. The Bertz CT molecular complexity index is 1090. The first-order chi connectivity index (χ1) is 17.2. The van der Waals surface area contributed by atoms with Crippen LogP contribution >= 0.6 is 12.4 Å². The lowest BCUT2D eigenvalue weighted by Crippen LogP contribution is -2.42. The van der Waals surface area contributed by atoms with Gasteiger partial charge in [-0.2, -0.15) is 0 Å². The Labute approximate surface area is 240 Å². The van der Waals surface area contributed by atoms with Crippen LogP contribution < -0.4 is 15.8 Å². The standard InChI is InChI=1S/C18H27NOS.C13H18N2.CH4.ClH/c1-17(2,3)21(20)19-16-15-10-6-5-9-14(15)13-18(16)11-7-4-8-12-18;14-12-11-4-2-1-3-10(11)9-13(12)5-7-15-8-6-13;;/h5-6,9-10,16,19H,4,7-8,11-13H2,1-3H3;1-4,12,15H,5-9,14H2;1H4;1H/t16-,21-;12-;;/m11../s1. The van der Waals surface area contributed by atoms with Crippen LogP contribution in [0, 0.1) is 10.8 Å². The van der Waals surface area contributed by atoms with E-state index in [1.165, 1.54) is 73.6 Å². The molecule has 4 N–H and O–H groups in total. The average Bonchev–Trinajstić information content (AvgIpc) is 3.31. The van der Waals surface area contributed by atoms with Gasteiger partial charge in [-0.25, -0.2) is 8.93 Å². The van der Waals surface area contributed by atoms with Gasteiger partial charge in [0.1, 0.15) is 0 Å². The van der Waals surface area contributed by atoms with Crippen LogP contribution in [0.25, 0.3) is 0 Å². The fourth-order valence-electron chi connectivity index (χ4n) is 7.21. The number of piperidine rings is 1. The van der Waals surface area contributed by atoms with E-state index in [9.17, 15) is 4.21 Å². The van der Waals surface area contributed by atoms with Gasteiger partial charge < -0.3 is 11.1 Å². The summed E-state index contributed by atoms with van der Waals surface area (Å²) in [7, 11) is -1.01. The van der Waals surface area contributed by atoms with Crippen LogP contribution in [0.3, 0.4) is 0 Å². The molecular formula is C32H50ClN3OS. The van der Waals surface area contributed by atoms with Crippen LogP contribution in [-0.4, -0.2) is 22.0 Å². The van der Waals surface area contributed by atoms with Crippen LogP contribution in [0.4, 0.5) is 0 Å². The monoisotopic (exact) mass is 559 g/mol.